The summed E-state index contributed by atoms with van der Waals surface area (Å²) in [6.07, 6.45) is 0. The molecule has 4 rings (SSSR count). The summed E-state index contributed by atoms with van der Waals surface area (Å²) in [7, 11) is -4.04. The van der Waals surface area contributed by atoms with Gasteiger partial charge in [0, 0.05) is 6.07 Å². The van der Waals surface area contributed by atoms with E-state index in [1.54, 1.807) is 68.4 Å². The molecular formula is C26H23NO6S. The molecule has 0 amide bonds. The molecular weight excluding hydrogens is 454 g/mol. The van der Waals surface area contributed by atoms with E-state index in [1.165, 1.54) is 18.2 Å². The van der Waals surface area contributed by atoms with Gasteiger partial charge in [0.2, 0.25) is 10.0 Å². The number of nitrogens with one attached hydrogen (secondary N) is 1. The van der Waals surface area contributed by atoms with Gasteiger partial charge in [0.15, 0.2) is 0 Å². The number of carbonyl (C=O) groups excluding carboxylic acids is 1. The van der Waals surface area contributed by atoms with E-state index in [2.05, 4.69) is 4.72 Å². The number of hydrogen-bond donors (Lipinski definition) is 1. The van der Waals surface area contributed by atoms with Crippen molar-refractivity contribution in [3.05, 3.63) is 105 Å². The van der Waals surface area contributed by atoms with Crippen LogP contribution in [0.4, 0.5) is 0 Å². The highest BCUT2D eigenvalue weighted by molar-refractivity contribution is 7.89. The molecule has 0 saturated carbocycles. The first kappa shape index (κ1) is 23.4. The Morgan fingerprint density at radius 1 is 0.912 bits per heavy atom. The van der Waals surface area contributed by atoms with Crippen molar-refractivity contribution in [3.63, 3.8) is 0 Å². The van der Waals surface area contributed by atoms with Crippen LogP contribution in [0.3, 0.4) is 0 Å². The second-order valence-electron chi connectivity index (χ2n) is 8.08. The van der Waals surface area contributed by atoms with Crippen LogP contribution >= 0.6 is 0 Å². The number of hydrogen-bond acceptors (Lipinski definition) is 6. The molecule has 0 bridgehead atoms. The van der Waals surface area contributed by atoms with Crippen molar-refractivity contribution in [2.45, 2.75) is 31.7 Å². The Kier molecular flexibility index (Phi) is 6.37. The van der Waals surface area contributed by atoms with E-state index in [0.717, 1.165) is 5.56 Å². The summed E-state index contributed by atoms with van der Waals surface area (Å²) in [6.45, 7) is 5.33. The van der Waals surface area contributed by atoms with Crippen LogP contribution in [0.2, 0.25) is 0 Å². The Bertz CT molecular complexity index is 1520. The van der Waals surface area contributed by atoms with Gasteiger partial charge in [-0.05, 0) is 61.7 Å². The summed E-state index contributed by atoms with van der Waals surface area (Å²) in [5.74, 6) is -0.642. The molecule has 4 aromatic rings. The van der Waals surface area contributed by atoms with Crippen LogP contribution in [0.25, 0.3) is 11.0 Å². The molecule has 0 aliphatic carbocycles. The van der Waals surface area contributed by atoms with Crippen molar-refractivity contribution in [3.8, 4) is 5.75 Å². The zero-order valence-electron chi connectivity index (χ0n) is 18.9. The van der Waals surface area contributed by atoms with E-state index in [-0.39, 0.29) is 16.2 Å². The molecule has 0 saturated heterocycles. The van der Waals surface area contributed by atoms with Crippen molar-refractivity contribution >= 4 is 27.0 Å². The van der Waals surface area contributed by atoms with Gasteiger partial charge in [-0.2, -0.15) is 4.72 Å². The van der Waals surface area contributed by atoms with Crippen molar-refractivity contribution < 1.29 is 22.4 Å². The number of carbonyl (C=O) groups is 1. The molecule has 174 valence electrons. The highest BCUT2D eigenvalue weighted by atomic mass is 32.2. The molecule has 0 aliphatic heterocycles. The van der Waals surface area contributed by atoms with E-state index in [4.69, 9.17) is 9.15 Å². The highest BCUT2D eigenvalue weighted by Crippen LogP contribution is 2.31. The van der Waals surface area contributed by atoms with Gasteiger partial charge in [-0.3, -0.25) is 0 Å². The maximum absolute atomic E-state index is 13.4. The molecule has 1 atom stereocenters. The van der Waals surface area contributed by atoms with Crippen LogP contribution in [-0.4, -0.2) is 14.4 Å². The van der Waals surface area contributed by atoms with Crippen LogP contribution in [0, 0.1) is 20.8 Å². The number of aryl methyl sites for hydroxylation is 3. The Labute approximate surface area is 197 Å². The van der Waals surface area contributed by atoms with Crippen LogP contribution in [0.1, 0.15) is 28.3 Å². The quantitative estimate of drug-likeness (QED) is 0.252. The molecule has 1 N–H and O–H groups in total. The lowest BCUT2D eigenvalue weighted by molar-refractivity contribution is -0.136. The number of rotatable bonds is 6. The van der Waals surface area contributed by atoms with Gasteiger partial charge < -0.3 is 9.15 Å². The summed E-state index contributed by atoms with van der Waals surface area (Å²) in [6, 6.07) is 18.1. The van der Waals surface area contributed by atoms with Crippen molar-refractivity contribution in [2.24, 2.45) is 0 Å². The topological polar surface area (TPSA) is 103 Å². The minimum atomic E-state index is -4.04. The molecule has 0 spiro atoms. The summed E-state index contributed by atoms with van der Waals surface area (Å²) in [5, 5.41) is 0.465. The molecule has 1 aromatic heterocycles. The maximum atomic E-state index is 13.4. The first-order valence-corrected chi connectivity index (χ1v) is 12.0. The van der Waals surface area contributed by atoms with E-state index in [9.17, 15) is 18.0 Å². The minimum absolute atomic E-state index is 0.0328. The number of fused-ring (bicyclic) bond motifs is 1. The Morgan fingerprint density at radius 2 is 1.59 bits per heavy atom. The summed E-state index contributed by atoms with van der Waals surface area (Å²) >= 11 is 0. The monoisotopic (exact) mass is 477 g/mol. The fraction of sp³-hybridized carbons (Fsp3) is 0.154. The molecule has 7 nitrogen and oxygen atoms in total. The zero-order valence-corrected chi connectivity index (χ0v) is 19.7. The second kappa shape index (κ2) is 9.24. The number of esters is 1. The number of sulfonamides is 1. The highest BCUT2D eigenvalue weighted by Gasteiger charge is 2.29. The molecule has 3 aromatic carbocycles. The summed E-state index contributed by atoms with van der Waals surface area (Å²) in [4.78, 5) is 25.2. The number of ether oxygens (including phenoxy) is 1. The third kappa shape index (κ3) is 4.93. The lowest BCUT2D eigenvalue weighted by Gasteiger charge is -2.19. The Balaban J connectivity index is 1.74. The first-order chi connectivity index (χ1) is 16.1. The predicted octanol–water partition coefficient (Wildman–Crippen LogP) is 4.34. The smallest absolute Gasteiger partial charge is 0.336 e. The predicted molar refractivity (Wildman–Crippen MR) is 128 cm³/mol. The molecule has 34 heavy (non-hydrogen) atoms. The molecule has 0 fully saturated rings. The molecule has 0 unspecified atom stereocenters. The van der Waals surface area contributed by atoms with Gasteiger partial charge >= 0.3 is 11.6 Å². The zero-order chi connectivity index (χ0) is 24.5. The largest absolute Gasteiger partial charge is 0.424 e. The van der Waals surface area contributed by atoms with Gasteiger partial charge in [-0.1, -0.05) is 48.0 Å². The lowest BCUT2D eigenvalue weighted by atomic mass is 10.1. The van der Waals surface area contributed by atoms with Gasteiger partial charge in [0.25, 0.3) is 0 Å². The van der Waals surface area contributed by atoms with E-state index in [0.29, 0.717) is 22.1 Å². The number of benzene rings is 3. The van der Waals surface area contributed by atoms with E-state index in [1.807, 2.05) is 6.92 Å². The molecule has 0 radical (unpaired) electrons. The average Bonchev–Trinajstić information content (AvgIpc) is 2.77. The van der Waals surface area contributed by atoms with E-state index >= 15 is 0 Å². The minimum Gasteiger partial charge on any atom is -0.424 e. The Morgan fingerprint density at radius 3 is 2.26 bits per heavy atom. The van der Waals surface area contributed by atoms with Crippen LogP contribution < -0.4 is 15.1 Å². The third-order valence-corrected chi connectivity index (χ3v) is 6.77. The maximum Gasteiger partial charge on any atom is 0.336 e. The molecule has 8 heteroatoms. The van der Waals surface area contributed by atoms with Gasteiger partial charge in [0.05, 0.1) is 10.3 Å². The average molecular weight is 478 g/mol. The standard InChI is InChI=1S/C26H23NO6S/c1-16-9-11-20(12-10-16)34(30,31)27-25(19-7-5-4-6-8-19)26(29)33-22-14-17(2)13-21-24(22)18(3)15-23(28)32-21/h4-15,25,27H,1-3H3/t25-/m1/s1. The van der Waals surface area contributed by atoms with Crippen molar-refractivity contribution in [1.29, 1.82) is 0 Å². The SMILES string of the molecule is Cc1ccc(S(=O)(=O)N[C@@H](C(=O)Oc2cc(C)cc3oc(=O)cc(C)c23)c2ccccc2)cc1. The van der Waals surface area contributed by atoms with Crippen molar-refractivity contribution in [1.82, 2.24) is 4.72 Å². The second-order valence-corrected chi connectivity index (χ2v) is 9.80. The van der Waals surface area contributed by atoms with Crippen molar-refractivity contribution in [2.75, 3.05) is 0 Å². The van der Waals surface area contributed by atoms with Crippen LogP contribution in [-0.2, 0) is 14.8 Å². The lowest BCUT2D eigenvalue weighted by Crippen LogP contribution is -2.36. The van der Waals surface area contributed by atoms with Gasteiger partial charge in [-0.25, -0.2) is 18.0 Å². The Hall–Kier alpha value is -3.75. The first-order valence-electron chi connectivity index (χ1n) is 10.5. The fourth-order valence-electron chi connectivity index (χ4n) is 3.66. The molecule has 0 aliphatic rings. The van der Waals surface area contributed by atoms with Gasteiger partial charge in [-0.15, -0.1) is 0 Å². The van der Waals surface area contributed by atoms with Crippen LogP contribution in [0.15, 0.2) is 86.9 Å². The summed E-state index contributed by atoms with van der Waals surface area (Å²) in [5.41, 5.74) is 2.38. The third-order valence-electron chi connectivity index (χ3n) is 5.33. The fourth-order valence-corrected chi connectivity index (χ4v) is 4.84. The molecule has 1 heterocycles. The summed E-state index contributed by atoms with van der Waals surface area (Å²) < 4.78 is 39.6. The van der Waals surface area contributed by atoms with Gasteiger partial charge in [0.1, 0.15) is 17.4 Å². The van der Waals surface area contributed by atoms with Crippen LogP contribution in [0.5, 0.6) is 5.75 Å². The normalized spacial score (nSPS) is 12.4. The van der Waals surface area contributed by atoms with E-state index < -0.39 is 27.7 Å².